The minimum atomic E-state index is -0.331. The maximum Gasteiger partial charge on any atom is 0.161 e. The number of halogens is 1. The van der Waals surface area contributed by atoms with Gasteiger partial charge in [0.15, 0.2) is 11.5 Å². The van der Waals surface area contributed by atoms with Gasteiger partial charge >= 0.3 is 0 Å². The molecule has 0 aliphatic heterocycles. The molecular weight excluding hydrogens is 240 g/mol. The summed E-state index contributed by atoms with van der Waals surface area (Å²) in [6.45, 7) is 0. The maximum absolute atomic E-state index is 9.63. The van der Waals surface area contributed by atoms with Crippen LogP contribution in [0.25, 0.3) is 0 Å². The van der Waals surface area contributed by atoms with Gasteiger partial charge in [0.1, 0.15) is 5.75 Å². The highest BCUT2D eigenvalue weighted by Gasteiger charge is 2.08. The lowest BCUT2D eigenvalue weighted by Crippen LogP contribution is -1.89. The van der Waals surface area contributed by atoms with Crippen LogP contribution in [0, 0.1) is 0 Å². The van der Waals surface area contributed by atoms with Gasteiger partial charge in [0, 0.05) is 23.1 Å². The van der Waals surface area contributed by atoms with Crippen LogP contribution in [0.15, 0.2) is 36.4 Å². The molecule has 0 spiro atoms. The Hall–Kier alpha value is -1.87. The van der Waals surface area contributed by atoms with E-state index in [4.69, 9.17) is 11.6 Å². The van der Waals surface area contributed by atoms with E-state index in [2.05, 4.69) is 0 Å². The highest BCUT2D eigenvalue weighted by atomic mass is 35.5. The van der Waals surface area contributed by atoms with Crippen LogP contribution in [0.5, 0.6) is 17.2 Å². The van der Waals surface area contributed by atoms with E-state index in [1.54, 1.807) is 12.1 Å². The van der Waals surface area contributed by atoms with Crippen molar-refractivity contribution in [2.75, 3.05) is 0 Å². The van der Waals surface area contributed by atoms with Gasteiger partial charge < -0.3 is 15.3 Å². The van der Waals surface area contributed by atoms with Gasteiger partial charge in [-0.05, 0) is 23.8 Å². The van der Waals surface area contributed by atoms with E-state index in [-0.39, 0.29) is 17.2 Å². The summed E-state index contributed by atoms with van der Waals surface area (Å²) in [5.74, 6) is -0.621. The fraction of sp³-hybridized carbons (Fsp3) is 0.0769. The summed E-state index contributed by atoms with van der Waals surface area (Å²) in [5, 5.41) is 28.8. The van der Waals surface area contributed by atoms with Crippen molar-refractivity contribution in [1.29, 1.82) is 0 Å². The van der Waals surface area contributed by atoms with Crippen LogP contribution in [0.2, 0.25) is 5.02 Å². The Labute approximate surface area is 104 Å². The predicted molar refractivity (Wildman–Crippen MR) is 65.7 cm³/mol. The van der Waals surface area contributed by atoms with Crippen molar-refractivity contribution in [3.05, 3.63) is 52.5 Å². The molecular formula is C13H11ClO3. The average molecular weight is 251 g/mol. The van der Waals surface area contributed by atoms with E-state index >= 15 is 0 Å². The quantitative estimate of drug-likeness (QED) is 0.567. The number of hydrogen-bond donors (Lipinski definition) is 3. The van der Waals surface area contributed by atoms with Gasteiger partial charge in [-0.3, -0.25) is 0 Å². The highest BCUT2D eigenvalue weighted by molar-refractivity contribution is 6.30. The summed E-state index contributed by atoms with van der Waals surface area (Å²) in [6, 6.07) is 9.67. The molecule has 0 unspecified atom stereocenters. The number of rotatable bonds is 2. The van der Waals surface area contributed by atoms with E-state index in [1.165, 1.54) is 6.07 Å². The first-order valence-electron chi connectivity index (χ1n) is 5.04. The van der Waals surface area contributed by atoms with Gasteiger partial charge in [-0.2, -0.15) is 0 Å². The second-order valence-corrected chi connectivity index (χ2v) is 4.21. The molecule has 0 aromatic heterocycles. The molecule has 0 heterocycles. The van der Waals surface area contributed by atoms with Crippen molar-refractivity contribution in [2.45, 2.75) is 6.42 Å². The molecule has 3 nitrogen and oxygen atoms in total. The minimum Gasteiger partial charge on any atom is -0.508 e. The van der Waals surface area contributed by atoms with Crippen molar-refractivity contribution in [1.82, 2.24) is 0 Å². The highest BCUT2D eigenvalue weighted by Crippen LogP contribution is 2.33. The van der Waals surface area contributed by atoms with Gasteiger partial charge in [0.05, 0.1) is 0 Å². The Bertz CT molecular complexity index is 535. The normalized spacial score (nSPS) is 10.4. The molecule has 0 radical (unpaired) electrons. The van der Waals surface area contributed by atoms with Crippen LogP contribution in [0.3, 0.4) is 0 Å². The average Bonchev–Trinajstić information content (AvgIpc) is 2.29. The molecule has 3 N–H and O–H groups in total. The lowest BCUT2D eigenvalue weighted by atomic mass is 10.0. The Balaban J connectivity index is 2.30. The Morgan fingerprint density at radius 1 is 0.824 bits per heavy atom. The van der Waals surface area contributed by atoms with Crippen molar-refractivity contribution in [3.8, 4) is 17.2 Å². The SMILES string of the molecule is Oc1cc(O)c(Cc2ccc(Cl)cc2)cc1O. The summed E-state index contributed by atoms with van der Waals surface area (Å²) in [4.78, 5) is 0. The van der Waals surface area contributed by atoms with E-state index in [0.29, 0.717) is 17.0 Å². The smallest absolute Gasteiger partial charge is 0.161 e. The van der Waals surface area contributed by atoms with E-state index in [0.717, 1.165) is 11.6 Å². The lowest BCUT2D eigenvalue weighted by Gasteiger charge is -2.07. The van der Waals surface area contributed by atoms with Gasteiger partial charge in [-0.15, -0.1) is 0 Å². The van der Waals surface area contributed by atoms with Crippen LogP contribution in [-0.2, 0) is 6.42 Å². The molecule has 2 aromatic rings. The molecule has 0 atom stereocenters. The van der Waals surface area contributed by atoms with Crippen LogP contribution >= 0.6 is 11.6 Å². The van der Waals surface area contributed by atoms with Crippen LogP contribution in [0.4, 0.5) is 0 Å². The minimum absolute atomic E-state index is 0.0461. The molecule has 17 heavy (non-hydrogen) atoms. The summed E-state index contributed by atoms with van der Waals surface area (Å²) in [7, 11) is 0. The van der Waals surface area contributed by atoms with Gasteiger partial charge in [0.25, 0.3) is 0 Å². The molecule has 0 aliphatic carbocycles. The summed E-state index contributed by atoms with van der Waals surface area (Å²) < 4.78 is 0. The third-order valence-corrected chi connectivity index (χ3v) is 2.74. The number of benzene rings is 2. The van der Waals surface area contributed by atoms with Crippen molar-refractivity contribution >= 4 is 11.6 Å². The monoisotopic (exact) mass is 250 g/mol. The maximum atomic E-state index is 9.63. The van der Waals surface area contributed by atoms with Gasteiger partial charge in [-0.1, -0.05) is 23.7 Å². The first kappa shape index (κ1) is 11.6. The summed E-state index contributed by atoms with van der Waals surface area (Å²) >= 11 is 5.77. The molecule has 0 saturated carbocycles. The molecule has 2 rings (SSSR count). The fourth-order valence-corrected chi connectivity index (χ4v) is 1.70. The molecule has 0 aliphatic rings. The van der Waals surface area contributed by atoms with Crippen molar-refractivity contribution in [3.63, 3.8) is 0 Å². The Morgan fingerprint density at radius 3 is 2.06 bits per heavy atom. The largest absolute Gasteiger partial charge is 0.508 e. The van der Waals surface area contributed by atoms with Crippen molar-refractivity contribution in [2.24, 2.45) is 0 Å². The van der Waals surface area contributed by atoms with E-state index < -0.39 is 0 Å². The van der Waals surface area contributed by atoms with Gasteiger partial charge in [0.2, 0.25) is 0 Å². The summed E-state index contributed by atoms with van der Waals surface area (Å²) in [5.41, 5.74) is 1.50. The lowest BCUT2D eigenvalue weighted by molar-refractivity contribution is 0.395. The number of hydrogen-bond acceptors (Lipinski definition) is 3. The third-order valence-electron chi connectivity index (χ3n) is 2.48. The molecule has 0 bridgehead atoms. The second-order valence-electron chi connectivity index (χ2n) is 3.77. The first-order chi connectivity index (χ1) is 8.06. The third kappa shape index (κ3) is 2.63. The Kier molecular flexibility index (Phi) is 3.11. The zero-order chi connectivity index (χ0) is 12.4. The zero-order valence-electron chi connectivity index (χ0n) is 8.89. The standard InChI is InChI=1S/C13H11ClO3/c14-10-3-1-8(2-4-10)5-9-6-12(16)13(17)7-11(9)15/h1-4,6-7,15-17H,5H2. The molecule has 0 saturated heterocycles. The summed E-state index contributed by atoms with van der Waals surface area (Å²) in [6.07, 6.45) is 0.455. The fourth-order valence-electron chi connectivity index (χ4n) is 1.57. The van der Waals surface area contributed by atoms with Gasteiger partial charge in [-0.25, -0.2) is 0 Å². The molecule has 88 valence electrons. The predicted octanol–water partition coefficient (Wildman–Crippen LogP) is 3.05. The number of aromatic hydroxyl groups is 3. The van der Waals surface area contributed by atoms with Crippen molar-refractivity contribution < 1.29 is 15.3 Å². The first-order valence-corrected chi connectivity index (χ1v) is 5.42. The zero-order valence-corrected chi connectivity index (χ0v) is 9.65. The number of phenols is 3. The molecule has 2 aromatic carbocycles. The van der Waals surface area contributed by atoms with Crippen LogP contribution < -0.4 is 0 Å². The van der Waals surface area contributed by atoms with E-state index in [9.17, 15) is 15.3 Å². The molecule has 4 heteroatoms. The Morgan fingerprint density at radius 2 is 1.41 bits per heavy atom. The van der Waals surface area contributed by atoms with E-state index in [1.807, 2.05) is 12.1 Å². The molecule has 0 fully saturated rings. The molecule has 0 amide bonds. The second kappa shape index (κ2) is 4.55. The number of phenolic OH excluding ortho intramolecular Hbond substituents is 3. The topological polar surface area (TPSA) is 60.7 Å². The van der Waals surface area contributed by atoms with Crippen LogP contribution in [-0.4, -0.2) is 15.3 Å². The van der Waals surface area contributed by atoms with Crippen LogP contribution in [0.1, 0.15) is 11.1 Å².